The molecule has 2 aliphatic rings. The predicted molar refractivity (Wildman–Crippen MR) is 128 cm³/mol. The van der Waals surface area contributed by atoms with E-state index in [2.05, 4.69) is 35.8 Å². The van der Waals surface area contributed by atoms with Crippen molar-refractivity contribution in [3.63, 3.8) is 0 Å². The Morgan fingerprint density at radius 3 is 2.43 bits per heavy atom. The van der Waals surface area contributed by atoms with E-state index in [1.807, 2.05) is 24.3 Å². The second kappa shape index (κ2) is 10.6. The van der Waals surface area contributed by atoms with Gasteiger partial charge in [-0.25, -0.2) is 0 Å². The van der Waals surface area contributed by atoms with Crippen molar-refractivity contribution < 1.29 is 4.79 Å². The van der Waals surface area contributed by atoms with E-state index in [4.69, 9.17) is 5.41 Å². The molecule has 1 amide bonds. The van der Waals surface area contributed by atoms with Gasteiger partial charge in [-0.3, -0.25) is 10.2 Å². The normalized spacial score (nSPS) is 17.3. The van der Waals surface area contributed by atoms with Gasteiger partial charge in [-0.15, -0.1) is 0 Å². The number of carbonyl (C=O) groups is 1. The number of amides is 1. The third kappa shape index (κ3) is 5.19. The highest BCUT2D eigenvalue weighted by molar-refractivity contribution is 8.26. The molecule has 0 aromatic heterocycles. The molecule has 1 aromatic carbocycles. The van der Waals surface area contributed by atoms with E-state index >= 15 is 0 Å². The molecule has 0 atom stereocenters. The molecule has 0 aliphatic carbocycles. The van der Waals surface area contributed by atoms with Crippen molar-refractivity contribution in [1.82, 2.24) is 5.01 Å². The average Bonchev–Trinajstić information content (AvgIpc) is 3.16. The van der Waals surface area contributed by atoms with Crippen molar-refractivity contribution in [3.8, 4) is 0 Å². The van der Waals surface area contributed by atoms with Crippen molar-refractivity contribution in [3.05, 3.63) is 35.4 Å². The fourth-order valence-corrected chi connectivity index (χ4v) is 4.48. The fourth-order valence-electron chi connectivity index (χ4n) is 3.55. The van der Waals surface area contributed by atoms with Crippen LogP contribution in [0, 0.1) is 5.41 Å². The molecule has 0 unspecified atom stereocenters. The molecule has 30 heavy (non-hydrogen) atoms. The maximum atomic E-state index is 12.6. The number of fused-ring (bicyclic) bond motifs is 1. The van der Waals surface area contributed by atoms with Gasteiger partial charge >= 0.3 is 0 Å². The maximum absolute atomic E-state index is 12.6. The maximum Gasteiger partial charge on any atom is 0.283 e. The Labute approximate surface area is 183 Å². The van der Waals surface area contributed by atoms with Crippen LogP contribution in [0.4, 0.5) is 5.69 Å². The molecule has 1 aromatic rings. The molecule has 0 spiro atoms. The lowest BCUT2D eigenvalue weighted by atomic mass is 10.1. The number of thioether (sulfide) groups is 1. The van der Waals surface area contributed by atoms with Gasteiger partial charge in [0.2, 0.25) is 5.17 Å². The van der Waals surface area contributed by atoms with Crippen LogP contribution in [0.5, 0.6) is 0 Å². The Balaban J connectivity index is 1.70. The van der Waals surface area contributed by atoms with Crippen molar-refractivity contribution in [2.75, 3.05) is 18.0 Å². The number of aliphatic imine (C=N–C) groups is 1. The number of hydrogen-bond donors (Lipinski definition) is 1. The van der Waals surface area contributed by atoms with Crippen LogP contribution in [0.25, 0.3) is 6.08 Å². The number of carbonyl (C=O) groups excluding carboxylic acids is 1. The molecule has 2 heterocycles. The monoisotopic (exact) mass is 425 g/mol. The van der Waals surface area contributed by atoms with Crippen LogP contribution in [0.3, 0.4) is 0 Å². The molecule has 3 rings (SSSR count). The fraction of sp³-hybridized carbons (Fsp3) is 0.478. The first-order chi connectivity index (χ1) is 14.6. The summed E-state index contributed by atoms with van der Waals surface area (Å²) in [7, 11) is 0. The van der Waals surface area contributed by atoms with Crippen molar-refractivity contribution in [1.29, 1.82) is 5.41 Å². The van der Waals surface area contributed by atoms with Gasteiger partial charge in [0, 0.05) is 18.8 Å². The minimum Gasteiger partial charge on any atom is -0.372 e. The van der Waals surface area contributed by atoms with E-state index in [1.165, 1.54) is 42.5 Å². The van der Waals surface area contributed by atoms with E-state index in [0.29, 0.717) is 5.17 Å². The van der Waals surface area contributed by atoms with Gasteiger partial charge in [-0.2, -0.15) is 15.1 Å². The Hall–Kier alpha value is -2.41. The van der Waals surface area contributed by atoms with Gasteiger partial charge < -0.3 is 4.90 Å². The second-order valence-corrected chi connectivity index (χ2v) is 8.48. The zero-order valence-corrected chi connectivity index (χ0v) is 19.0. The molecule has 160 valence electrons. The second-order valence-electron chi connectivity index (χ2n) is 7.44. The summed E-state index contributed by atoms with van der Waals surface area (Å²) < 4.78 is 0. The van der Waals surface area contributed by atoms with E-state index in [-0.39, 0.29) is 17.3 Å². The molecular weight excluding hydrogens is 394 g/mol. The summed E-state index contributed by atoms with van der Waals surface area (Å²) in [4.78, 5) is 19.0. The quantitative estimate of drug-likeness (QED) is 0.396. The Morgan fingerprint density at radius 2 is 1.77 bits per heavy atom. The van der Waals surface area contributed by atoms with Crippen LogP contribution in [-0.4, -0.2) is 40.1 Å². The summed E-state index contributed by atoms with van der Waals surface area (Å²) in [6.07, 6.45) is 8.61. The Bertz CT molecular complexity index is 868. The molecule has 0 saturated heterocycles. The summed E-state index contributed by atoms with van der Waals surface area (Å²) in [5.74, 6) is -0.266. The van der Waals surface area contributed by atoms with E-state index in [9.17, 15) is 4.79 Å². The minimum absolute atomic E-state index is 0.103. The van der Waals surface area contributed by atoms with Crippen LogP contribution in [-0.2, 0) is 4.79 Å². The van der Waals surface area contributed by atoms with E-state index in [0.717, 1.165) is 42.2 Å². The number of nitrogens with one attached hydrogen (secondary N) is 1. The molecule has 2 aliphatic heterocycles. The molecule has 0 fully saturated rings. The number of benzene rings is 1. The van der Waals surface area contributed by atoms with Gasteiger partial charge in [-0.05, 0) is 62.2 Å². The van der Waals surface area contributed by atoms with Crippen LogP contribution in [0.1, 0.15) is 64.9 Å². The van der Waals surface area contributed by atoms with Crippen molar-refractivity contribution >= 4 is 45.5 Å². The third-order valence-electron chi connectivity index (χ3n) is 5.32. The standard InChI is InChI=1S/C23H31N5OS/c1-4-7-8-9-10-11-20-26-28-21(24)19(22(29)25-23(28)30-20)16-17-12-14-18(15-13-17)27(5-2)6-3/h12-16,24H,4-11H2,1-3H3/b19-16+,24-21?. The molecule has 7 heteroatoms. The highest BCUT2D eigenvalue weighted by Gasteiger charge is 2.35. The van der Waals surface area contributed by atoms with Gasteiger partial charge in [0.25, 0.3) is 5.91 Å². The first-order valence-corrected chi connectivity index (χ1v) is 11.7. The average molecular weight is 426 g/mol. The summed E-state index contributed by atoms with van der Waals surface area (Å²) in [5.41, 5.74) is 2.31. The smallest absolute Gasteiger partial charge is 0.283 e. The van der Waals surface area contributed by atoms with Crippen molar-refractivity contribution in [2.24, 2.45) is 10.1 Å². The lowest BCUT2D eigenvalue weighted by Crippen LogP contribution is -2.35. The number of anilines is 1. The van der Waals surface area contributed by atoms with Crippen LogP contribution >= 0.6 is 11.8 Å². The zero-order valence-electron chi connectivity index (χ0n) is 18.1. The number of hydrazone groups is 1. The van der Waals surface area contributed by atoms with E-state index in [1.54, 1.807) is 6.08 Å². The molecule has 1 N–H and O–H groups in total. The number of unbranched alkanes of at least 4 members (excludes halogenated alkanes) is 4. The van der Waals surface area contributed by atoms with Gasteiger partial charge in [0.1, 0.15) is 5.04 Å². The number of rotatable bonds is 10. The topological polar surface area (TPSA) is 72.1 Å². The lowest BCUT2D eigenvalue weighted by Gasteiger charge is -2.21. The molecule has 6 nitrogen and oxygen atoms in total. The van der Waals surface area contributed by atoms with Crippen LogP contribution in [0.2, 0.25) is 0 Å². The first kappa shape index (κ1) is 22.3. The van der Waals surface area contributed by atoms with Crippen molar-refractivity contribution in [2.45, 2.75) is 59.3 Å². The zero-order chi connectivity index (χ0) is 21.5. The summed E-state index contributed by atoms with van der Waals surface area (Å²) in [5, 5.41) is 16.0. The molecule has 0 saturated carbocycles. The Kier molecular flexibility index (Phi) is 7.85. The summed E-state index contributed by atoms with van der Waals surface area (Å²) in [6.45, 7) is 8.36. The molecular formula is C23H31N5OS. The third-order valence-corrected chi connectivity index (χ3v) is 6.29. The number of amidine groups is 2. The van der Waals surface area contributed by atoms with Gasteiger partial charge in [0.05, 0.1) is 5.57 Å². The van der Waals surface area contributed by atoms with Crippen LogP contribution < -0.4 is 4.90 Å². The SMILES string of the molecule is CCCCCCCC1=NN2C(=N)/C(=C\c3ccc(N(CC)CC)cc3)C(=O)N=C2S1. The first-order valence-electron chi connectivity index (χ1n) is 10.9. The number of hydrogen-bond acceptors (Lipinski definition) is 5. The summed E-state index contributed by atoms with van der Waals surface area (Å²) in [6, 6.07) is 8.05. The van der Waals surface area contributed by atoms with Crippen LogP contribution in [0.15, 0.2) is 39.9 Å². The highest BCUT2D eigenvalue weighted by atomic mass is 32.2. The van der Waals surface area contributed by atoms with Gasteiger partial charge in [-0.1, -0.05) is 44.7 Å². The van der Waals surface area contributed by atoms with E-state index < -0.39 is 0 Å². The largest absolute Gasteiger partial charge is 0.372 e. The minimum atomic E-state index is -0.369. The van der Waals surface area contributed by atoms with Gasteiger partial charge in [0.15, 0.2) is 5.84 Å². The number of nitrogens with zero attached hydrogens (tertiary/aromatic N) is 4. The predicted octanol–water partition coefficient (Wildman–Crippen LogP) is 5.51. The highest BCUT2D eigenvalue weighted by Crippen LogP contribution is 2.30. The lowest BCUT2D eigenvalue weighted by molar-refractivity contribution is -0.114. The molecule has 0 bridgehead atoms. The summed E-state index contributed by atoms with van der Waals surface area (Å²) >= 11 is 1.42. The Morgan fingerprint density at radius 1 is 1.07 bits per heavy atom. The molecule has 0 radical (unpaired) electrons.